The number of nitrogens with zero attached hydrogens (tertiary/aromatic N) is 4. The van der Waals surface area contributed by atoms with Crippen LogP contribution in [0.25, 0.3) is 0 Å². The van der Waals surface area contributed by atoms with Gasteiger partial charge in [-0.15, -0.1) is 0 Å². The summed E-state index contributed by atoms with van der Waals surface area (Å²) in [5.41, 5.74) is 0. The third-order valence-corrected chi connectivity index (χ3v) is 3.93. The van der Waals surface area contributed by atoms with Gasteiger partial charge in [-0.05, 0) is 45.4 Å². The van der Waals surface area contributed by atoms with Crippen molar-refractivity contribution in [1.82, 2.24) is 25.0 Å². The van der Waals surface area contributed by atoms with Crippen molar-refractivity contribution >= 4 is 0 Å². The number of aromatic nitrogens is 3. The Bertz CT molecular complexity index is 359. The first-order valence-corrected chi connectivity index (χ1v) is 8.57. The number of rotatable bonds is 12. The van der Waals surface area contributed by atoms with E-state index < -0.39 is 0 Å². The van der Waals surface area contributed by atoms with Gasteiger partial charge in [0.15, 0.2) is 0 Å². The van der Waals surface area contributed by atoms with Gasteiger partial charge in [-0.1, -0.05) is 27.7 Å². The Balaban J connectivity index is 2.57. The van der Waals surface area contributed by atoms with Crippen LogP contribution >= 0.6 is 0 Å². The highest BCUT2D eigenvalue weighted by Crippen LogP contribution is 2.06. The lowest BCUT2D eigenvalue weighted by atomic mass is 10.1. The van der Waals surface area contributed by atoms with Crippen LogP contribution in [-0.2, 0) is 13.0 Å². The quantitative estimate of drug-likeness (QED) is 0.643. The van der Waals surface area contributed by atoms with E-state index in [4.69, 9.17) is 0 Å². The van der Waals surface area contributed by atoms with E-state index in [1.54, 1.807) is 6.33 Å². The Morgan fingerprint density at radius 2 is 1.95 bits per heavy atom. The standard InChI is InChI=1S/C16H33N5/c1-5-10-17-15(9-12-20(7-3)8-4)13-16-18-14-19-21(16)11-6-2/h14-15,17H,5-13H2,1-4H3. The van der Waals surface area contributed by atoms with E-state index in [2.05, 4.69) is 52.7 Å². The van der Waals surface area contributed by atoms with Crippen LogP contribution in [0, 0.1) is 0 Å². The van der Waals surface area contributed by atoms with Crippen LogP contribution in [0.5, 0.6) is 0 Å². The van der Waals surface area contributed by atoms with E-state index in [-0.39, 0.29) is 0 Å². The van der Waals surface area contributed by atoms with Crippen molar-refractivity contribution in [1.29, 1.82) is 0 Å². The molecule has 1 rings (SSSR count). The summed E-state index contributed by atoms with van der Waals surface area (Å²) < 4.78 is 2.05. The molecule has 0 spiro atoms. The summed E-state index contributed by atoms with van der Waals surface area (Å²) in [7, 11) is 0. The van der Waals surface area contributed by atoms with Gasteiger partial charge in [0.05, 0.1) is 0 Å². The Kier molecular flexibility index (Phi) is 9.26. The fourth-order valence-electron chi connectivity index (χ4n) is 2.57. The van der Waals surface area contributed by atoms with E-state index in [0.29, 0.717) is 6.04 Å². The summed E-state index contributed by atoms with van der Waals surface area (Å²) in [6, 6.07) is 0.491. The van der Waals surface area contributed by atoms with Crippen molar-refractivity contribution in [3.63, 3.8) is 0 Å². The maximum atomic E-state index is 4.45. The minimum absolute atomic E-state index is 0.491. The molecule has 1 heterocycles. The van der Waals surface area contributed by atoms with Gasteiger partial charge in [0.1, 0.15) is 12.2 Å². The summed E-state index contributed by atoms with van der Waals surface area (Å²) >= 11 is 0. The number of nitrogens with one attached hydrogen (secondary N) is 1. The molecule has 1 aromatic heterocycles. The zero-order valence-corrected chi connectivity index (χ0v) is 14.3. The molecule has 0 amide bonds. The summed E-state index contributed by atoms with van der Waals surface area (Å²) in [6.45, 7) is 14.3. The monoisotopic (exact) mass is 295 g/mol. The third-order valence-electron chi connectivity index (χ3n) is 3.93. The van der Waals surface area contributed by atoms with Crippen molar-refractivity contribution in [3.05, 3.63) is 12.2 Å². The average Bonchev–Trinajstić information content (AvgIpc) is 2.93. The number of aryl methyl sites for hydroxylation is 1. The second kappa shape index (κ2) is 10.7. The van der Waals surface area contributed by atoms with Crippen LogP contribution in [0.3, 0.4) is 0 Å². The topological polar surface area (TPSA) is 46.0 Å². The molecular weight excluding hydrogens is 262 g/mol. The largest absolute Gasteiger partial charge is 0.313 e. The zero-order chi connectivity index (χ0) is 15.5. The molecule has 0 saturated heterocycles. The smallest absolute Gasteiger partial charge is 0.138 e. The van der Waals surface area contributed by atoms with Gasteiger partial charge in [-0.2, -0.15) is 5.10 Å². The van der Waals surface area contributed by atoms with E-state index >= 15 is 0 Å². The predicted molar refractivity (Wildman–Crippen MR) is 88.5 cm³/mol. The molecule has 0 bridgehead atoms. The van der Waals surface area contributed by atoms with Gasteiger partial charge in [-0.25, -0.2) is 4.98 Å². The minimum Gasteiger partial charge on any atom is -0.313 e. The molecule has 0 aliphatic heterocycles. The average molecular weight is 295 g/mol. The van der Waals surface area contributed by atoms with Gasteiger partial charge in [0.2, 0.25) is 0 Å². The van der Waals surface area contributed by atoms with Gasteiger partial charge in [0, 0.05) is 19.0 Å². The lowest BCUT2D eigenvalue weighted by molar-refractivity contribution is 0.278. The number of hydrogen-bond donors (Lipinski definition) is 1. The highest BCUT2D eigenvalue weighted by molar-refractivity contribution is 4.90. The minimum atomic E-state index is 0.491. The molecule has 0 aliphatic rings. The molecule has 122 valence electrons. The van der Waals surface area contributed by atoms with Crippen LogP contribution in [0.4, 0.5) is 0 Å². The Hall–Kier alpha value is -0.940. The molecule has 1 aromatic rings. The van der Waals surface area contributed by atoms with Crippen LogP contribution < -0.4 is 5.32 Å². The third kappa shape index (κ3) is 6.57. The molecule has 0 radical (unpaired) electrons. The van der Waals surface area contributed by atoms with Crippen molar-refractivity contribution in [2.24, 2.45) is 0 Å². The second-order valence-corrected chi connectivity index (χ2v) is 5.57. The summed E-state index contributed by atoms with van der Waals surface area (Å²) in [6.07, 6.45) is 6.10. The molecule has 0 saturated carbocycles. The SMILES string of the molecule is CCCNC(CCN(CC)CC)Cc1ncnn1CCC. The van der Waals surface area contributed by atoms with Crippen molar-refractivity contribution in [3.8, 4) is 0 Å². The predicted octanol–water partition coefficient (Wildman–Crippen LogP) is 2.33. The maximum absolute atomic E-state index is 4.45. The van der Waals surface area contributed by atoms with Gasteiger partial charge in [-0.3, -0.25) is 4.68 Å². The van der Waals surface area contributed by atoms with Crippen LogP contribution in [0.2, 0.25) is 0 Å². The Morgan fingerprint density at radius 1 is 1.19 bits per heavy atom. The highest BCUT2D eigenvalue weighted by Gasteiger charge is 2.14. The first-order chi connectivity index (χ1) is 10.2. The van der Waals surface area contributed by atoms with Crippen LogP contribution in [-0.4, -0.2) is 51.9 Å². The van der Waals surface area contributed by atoms with Gasteiger partial charge < -0.3 is 10.2 Å². The van der Waals surface area contributed by atoms with E-state index in [1.165, 1.54) is 12.8 Å². The highest BCUT2D eigenvalue weighted by atomic mass is 15.3. The van der Waals surface area contributed by atoms with Crippen molar-refractivity contribution in [2.75, 3.05) is 26.2 Å². The lowest BCUT2D eigenvalue weighted by Crippen LogP contribution is -2.37. The first-order valence-electron chi connectivity index (χ1n) is 8.57. The van der Waals surface area contributed by atoms with Gasteiger partial charge in [0.25, 0.3) is 0 Å². The van der Waals surface area contributed by atoms with E-state index in [9.17, 15) is 0 Å². The van der Waals surface area contributed by atoms with Crippen LogP contribution in [0.15, 0.2) is 6.33 Å². The molecule has 21 heavy (non-hydrogen) atoms. The van der Waals surface area contributed by atoms with Gasteiger partial charge >= 0.3 is 0 Å². The fourth-order valence-corrected chi connectivity index (χ4v) is 2.57. The van der Waals surface area contributed by atoms with Crippen LogP contribution in [0.1, 0.15) is 52.8 Å². The molecule has 5 heteroatoms. The summed E-state index contributed by atoms with van der Waals surface area (Å²) in [4.78, 5) is 6.93. The van der Waals surface area contributed by atoms with E-state index in [1.807, 2.05) is 0 Å². The maximum Gasteiger partial charge on any atom is 0.138 e. The van der Waals surface area contributed by atoms with E-state index in [0.717, 1.165) is 51.4 Å². The molecule has 1 atom stereocenters. The zero-order valence-electron chi connectivity index (χ0n) is 14.3. The Labute approximate surface area is 130 Å². The molecule has 5 nitrogen and oxygen atoms in total. The van der Waals surface area contributed by atoms with Crippen molar-refractivity contribution < 1.29 is 0 Å². The molecule has 0 aliphatic carbocycles. The normalized spacial score (nSPS) is 13.0. The first kappa shape index (κ1) is 18.1. The summed E-state index contributed by atoms with van der Waals surface area (Å²) in [5, 5.41) is 8.01. The summed E-state index contributed by atoms with van der Waals surface area (Å²) in [5.74, 6) is 1.12. The lowest BCUT2D eigenvalue weighted by Gasteiger charge is -2.23. The molecular formula is C16H33N5. The molecule has 0 fully saturated rings. The Morgan fingerprint density at radius 3 is 2.57 bits per heavy atom. The molecule has 0 aromatic carbocycles. The molecule has 1 unspecified atom stereocenters. The fraction of sp³-hybridized carbons (Fsp3) is 0.875. The number of hydrogen-bond acceptors (Lipinski definition) is 4. The molecule has 1 N–H and O–H groups in total. The van der Waals surface area contributed by atoms with Crippen molar-refractivity contribution in [2.45, 2.75) is 66.0 Å². The second-order valence-electron chi connectivity index (χ2n) is 5.57.